The van der Waals surface area contributed by atoms with E-state index in [2.05, 4.69) is 4.98 Å². The summed E-state index contributed by atoms with van der Waals surface area (Å²) in [6.45, 7) is 0. The van der Waals surface area contributed by atoms with Gasteiger partial charge >= 0.3 is 6.03 Å². The molecule has 0 atom stereocenters. The predicted molar refractivity (Wildman–Crippen MR) is 152 cm³/mol. The fraction of sp³-hybridized carbons (Fsp3) is 0. The Morgan fingerprint density at radius 3 is 2.13 bits per heavy atom. The van der Waals surface area contributed by atoms with Gasteiger partial charge in [-0.2, -0.15) is 9.78 Å². The number of hydrogen-bond donors (Lipinski definition) is 1. The first-order valence-electron chi connectivity index (χ1n) is 12.1. The highest BCUT2D eigenvalue weighted by molar-refractivity contribution is 6.32. The van der Waals surface area contributed by atoms with Crippen molar-refractivity contribution in [1.29, 1.82) is 0 Å². The molecule has 7 rings (SSSR count). The van der Waals surface area contributed by atoms with Crippen molar-refractivity contribution in [2.24, 2.45) is 0 Å². The van der Waals surface area contributed by atoms with Gasteiger partial charge in [-0.1, -0.05) is 90.5 Å². The Bertz CT molecular complexity index is 2070. The van der Waals surface area contributed by atoms with Gasteiger partial charge in [0.05, 0.1) is 11.4 Å². The first-order chi connectivity index (χ1) is 18.6. The molecule has 38 heavy (non-hydrogen) atoms. The number of halogens is 1. The number of carbonyl (C=O) groups excluding carboxylic acids is 1. The Morgan fingerprint density at radius 1 is 0.737 bits per heavy atom. The van der Waals surface area contributed by atoms with Gasteiger partial charge in [-0.25, -0.2) is 9.36 Å². The Balaban J connectivity index is 1.56. The van der Waals surface area contributed by atoms with E-state index in [1.165, 1.54) is 9.25 Å². The van der Waals surface area contributed by atoms with Gasteiger partial charge in [0.2, 0.25) is 0 Å². The lowest BCUT2D eigenvalue weighted by atomic mass is 10.1. The van der Waals surface area contributed by atoms with Crippen LogP contribution < -0.4 is 5.56 Å². The quantitative estimate of drug-likeness (QED) is 0.262. The van der Waals surface area contributed by atoms with Crippen molar-refractivity contribution in [3.05, 3.63) is 125 Å². The molecule has 182 valence electrons. The minimum Gasteiger partial charge on any atom is -0.340 e. The molecule has 0 unspecified atom stereocenters. The van der Waals surface area contributed by atoms with Gasteiger partial charge in [0, 0.05) is 37.8 Å². The smallest absolute Gasteiger partial charge is 0.340 e. The molecular formula is C31H19ClN4O2. The van der Waals surface area contributed by atoms with E-state index in [1.807, 2.05) is 91.0 Å². The maximum absolute atomic E-state index is 14.3. The second-order valence-corrected chi connectivity index (χ2v) is 9.50. The molecule has 7 heteroatoms. The van der Waals surface area contributed by atoms with E-state index in [1.54, 1.807) is 18.2 Å². The molecule has 1 N–H and O–H groups in total. The molecule has 0 aliphatic heterocycles. The maximum atomic E-state index is 14.3. The third-order valence-corrected chi connectivity index (χ3v) is 7.05. The fourth-order valence-electron chi connectivity index (χ4n) is 5.07. The summed E-state index contributed by atoms with van der Waals surface area (Å²) in [5, 5.41) is 8.04. The van der Waals surface area contributed by atoms with Crippen LogP contribution in [0.4, 0.5) is 4.79 Å². The van der Waals surface area contributed by atoms with Gasteiger partial charge < -0.3 is 4.98 Å². The topological polar surface area (TPSA) is 72.7 Å². The molecule has 0 radical (unpaired) electrons. The number of hydrogen-bond acceptors (Lipinski definition) is 3. The van der Waals surface area contributed by atoms with Crippen LogP contribution >= 0.6 is 11.6 Å². The molecule has 7 aromatic rings. The zero-order valence-electron chi connectivity index (χ0n) is 19.9. The third kappa shape index (κ3) is 3.38. The molecule has 0 fully saturated rings. The molecule has 3 aromatic heterocycles. The number of benzene rings is 4. The van der Waals surface area contributed by atoms with E-state index in [9.17, 15) is 9.59 Å². The van der Waals surface area contributed by atoms with Gasteiger partial charge in [0.1, 0.15) is 5.65 Å². The molecule has 0 spiro atoms. The van der Waals surface area contributed by atoms with Gasteiger partial charge in [0.25, 0.3) is 5.56 Å². The van der Waals surface area contributed by atoms with Gasteiger partial charge in [0.15, 0.2) is 0 Å². The zero-order chi connectivity index (χ0) is 25.8. The van der Waals surface area contributed by atoms with E-state index in [0.29, 0.717) is 27.4 Å². The van der Waals surface area contributed by atoms with E-state index < -0.39 is 11.6 Å². The number of nitrogens with zero attached hydrogens (tertiary/aromatic N) is 3. The number of aromatic amines is 1. The fourth-order valence-corrected chi connectivity index (χ4v) is 5.24. The van der Waals surface area contributed by atoms with Crippen LogP contribution in [0.3, 0.4) is 0 Å². The molecule has 0 bridgehead atoms. The van der Waals surface area contributed by atoms with Crippen LogP contribution in [0.1, 0.15) is 0 Å². The van der Waals surface area contributed by atoms with Gasteiger partial charge in [-0.3, -0.25) is 4.79 Å². The molecular weight excluding hydrogens is 496 g/mol. The standard InChI is InChI=1S/C31H19ClN4O2/c32-21-15-16-25-24(17-21)28-22-13-7-8-14-23(22)30(37)35(29(28)33-25)31(38)36-27(20-11-5-2-6-12-20)18-26(34-36)19-9-3-1-4-10-19/h1-18,33H. The molecule has 0 amide bonds. The lowest BCUT2D eigenvalue weighted by molar-refractivity contribution is 0.241. The number of carbonyl (C=O) groups is 1. The molecule has 6 nitrogen and oxygen atoms in total. The summed E-state index contributed by atoms with van der Waals surface area (Å²) in [7, 11) is 0. The zero-order valence-corrected chi connectivity index (χ0v) is 20.7. The Labute approximate surface area is 221 Å². The van der Waals surface area contributed by atoms with Crippen LogP contribution in [-0.4, -0.2) is 25.4 Å². The molecule has 4 aromatic carbocycles. The average molecular weight is 515 g/mol. The Morgan fingerprint density at radius 2 is 1.39 bits per heavy atom. The first kappa shape index (κ1) is 22.3. The largest absolute Gasteiger partial charge is 0.358 e. The van der Waals surface area contributed by atoms with Crippen molar-refractivity contribution in [3.63, 3.8) is 0 Å². The summed E-state index contributed by atoms with van der Waals surface area (Å²) in [5.41, 5.74) is 3.64. The summed E-state index contributed by atoms with van der Waals surface area (Å²) < 4.78 is 2.49. The summed E-state index contributed by atoms with van der Waals surface area (Å²) >= 11 is 6.34. The lowest BCUT2D eigenvalue weighted by Gasteiger charge is -2.11. The van der Waals surface area contributed by atoms with E-state index in [0.717, 1.165) is 32.8 Å². The monoisotopic (exact) mass is 514 g/mol. The second-order valence-electron chi connectivity index (χ2n) is 9.07. The first-order valence-corrected chi connectivity index (χ1v) is 12.5. The Hall–Kier alpha value is -4.94. The minimum absolute atomic E-state index is 0.395. The summed E-state index contributed by atoms with van der Waals surface area (Å²) in [6.07, 6.45) is 0. The second kappa shape index (κ2) is 8.57. The molecule has 0 aliphatic rings. The number of nitrogens with one attached hydrogen (secondary N) is 1. The minimum atomic E-state index is -0.579. The SMILES string of the molecule is O=C(n1nc(-c2ccccc2)cc1-c1ccccc1)n1c(=O)c2ccccc2c2c3cc(Cl)ccc3[nH]c21. The highest BCUT2D eigenvalue weighted by Crippen LogP contribution is 2.33. The van der Waals surface area contributed by atoms with Crippen molar-refractivity contribution < 1.29 is 4.79 Å². The number of pyridine rings is 1. The van der Waals surface area contributed by atoms with Crippen molar-refractivity contribution in [2.75, 3.05) is 0 Å². The van der Waals surface area contributed by atoms with Gasteiger partial charge in [-0.15, -0.1) is 0 Å². The number of rotatable bonds is 2. The summed E-state index contributed by atoms with van der Waals surface area (Å²) in [5.74, 6) is 0. The number of fused-ring (bicyclic) bond motifs is 5. The number of aromatic nitrogens is 4. The van der Waals surface area contributed by atoms with Crippen LogP contribution in [0, 0.1) is 0 Å². The summed E-state index contributed by atoms with van der Waals surface area (Å²) in [4.78, 5) is 31.5. The molecule has 3 heterocycles. The van der Waals surface area contributed by atoms with Gasteiger partial charge in [-0.05, 0) is 35.7 Å². The van der Waals surface area contributed by atoms with Crippen molar-refractivity contribution >= 4 is 50.3 Å². The van der Waals surface area contributed by atoms with E-state index >= 15 is 0 Å². The number of H-pyrrole nitrogens is 1. The lowest BCUT2D eigenvalue weighted by Crippen LogP contribution is -2.32. The maximum Gasteiger partial charge on any atom is 0.358 e. The normalized spacial score (nSPS) is 11.5. The van der Waals surface area contributed by atoms with Crippen molar-refractivity contribution in [3.8, 4) is 22.5 Å². The van der Waals surface area contributed by atoms with Crippen LogP contribution in [0.15, 0.2) is 114 Å². The third-order valence-electron chi connectivity index (χ3n) is 6.82. The van der Waals surface area contributed by atoms with Crippen LogP contribution in [0.5, 0.6) is 0 Å². The highest BCUT2D eigenvalue weighted by atomic mass is 35.5. The van der Waals surface area contributed by atoms with Crippen molar-refractivity contribution in [1.82, 2.24) is 19.3 Å². The van der Waals surface area contributed by atoms with E-state index in [-0.39, 0.29) is 0 Å². The van der Waals surface area contributed by atoms with Crippen LogP contribution in [0.2, 0.25) is 5.02 Å². The molecule has 0 aliphatic carbocycles. The summed E-state index contributed by atoms with van der Waals surface area (Å²) in [6, 6.07) is 33.3. The van der Waals surface area contributed by atoms with E-state index in [4.69, 9.17) is 16.7 Å². The van der Waals surface area contributed by atoms with Crippen molar-refractivity contribution in [2.45, 2.75) is 0 Å². The highest BCUT2D eigenvalue weighted by Gasteiger charge is 2.24. The average Bonchev–Trinajstić information content (AvgIpc) is 3.56. The van der Waals surface area contributed by atoms with Crippen LogP contribution in [-0.2, 0) is 0 Å². The molecule has 0 saturated carbocycles. The Kier molecular flexibility index (Phi) is 5.03. The molecule has 0 saturated heterocycles. The van der Waals surface area contributed by atoms with Crippen LogP contribution in [0.25, 0.3) is 55.2 Å². The predicted octanol–water partition coefficient (Wildman–Crippen LogP) is 7.34.